The summed E-state index contributed by atoms with van der Waals surface area (Å²) in [4.78, 5) is 25.7. The Bertz CT molecular complexity index is 3240. The lowest BCUT2D eigenvalue weighted by Gasteiger charge is -2.44. The summed E-state index contributed by atoms with van der Waals surface area (Å²) in [6.07, 6.45) is -5.09. The Balaban J connectivity index is 0.000000237. The Morgan fingerprint density at radius 3 is 1.04 bits per heavy atom. The molecule has 0 aliphatic carbocycles. The highest BCUT2D eigenvalue weighted by Gasteiger charge is 2.52. The van der Waals surface area contributed by atoms with Gasteiger partial charge in [-0.05, 0) is 23.6 Å². The van der Waals surface area contributed by atoms with Crippen LogP contribution in [0.15, 0.2) is 95.6 Å². The van der Waals surface area contributed by atoms with Gasteiger partial charge in [0.15, 0.2) is 87.5 Å². The Morgan fingerprint density at radius 2 is 0.676 bits per heavy atom. The lowest BCUT2D eigenvalue weighted by Crippen LogP contribution is -2.81. The van der Waals surface area contributed by atoms with Gasteiger partial charge in [-0.1, -0.05) is 76.6 Å². The van der Waals surface area contributed by atoms with E-state index in [0.29, 0.717) is 11.1 Å². The fraction of sp³-hybridized carbons (Fsp3) is 0.0408. The van der Waals surface area contributed by atoms with Crippen molar-refractivity contribution in [3.8, 4) is 0 Å². The molecule has 7 aromatic carbocycles. The van der Waals surface area contributed by atoms with Crippen LogP contribution in [0.2, 0.25) is 0 Å². The molecule has 0 fully saturated rings. The van der Waals surface area contributed by atoms with Crippen LogP contribution in [0.25, 0.3) is 10.8 Å². The van der Waals surface area contributed by atoms with Crippen LogP contribution in [0.3, 0.4) is 0 Å². The van der Waals surface area contributed by atoms with Crippen LogP contribution in [0.5, 0.6) is 0 Å². The van der Waals surface area contributed by atoms with Crippen LogP contribution >= 0.6 is 15.9 Å². The molecule has 8 aromatic rings. The first kappa shape index (κ1) is 54.2. The van der Waals surface area contributed by atoms with Crippen molar-refractivity contribution >= 4 is 66.3 Å². The van der Waals surface area contributed by atoms with Crippen molar-refractivity contribution in [3.05, 3.63) is 229 Å². The first-order valence-corrected chi connectivity index (χ1v) is 21.1. The lowest BCUT2D eigenvalue weighted by atomic mass is 9.12. The maximum absolute atomic E-state index is 15.4. The first-order valence-electron chi connectivity index (χ1n) is 20.3. The normalized spacial score (nSPS) is 11.5. The van der Waals surface area contributed by atoms with Gasteiger partial charge in [-0.2, -0.15) is 4.57 Å². The maximum Gasteiger partial charge on any atom is 0.227 e. The van der Waals surface area contributed by atoms with E-state index in [1.807, 2.05) is 95.7 Å². The number of aromatic nitrogens is 1. The minimum Gasteiger partial charge on any atom is -0.294 e. The summed E-state index contributed by atoms with van der Waals surface area (Å²) in [5, 5.41) is 2.04. The molecule has 3 nitrogen and oxygen atoms in total. The molecular weight excluding hydrogens is 1110 g/mol. The van der Waals surface area contributed by atoms with E-state index in [1.165, 1.54) is 0 Å². The predicted octanol–water partition coefficient (Wildman–Crippen LogP) is 11.0. The number of carbonyl (C=O) groups is 2. The molecule has 1 heterocycles. The molecular formula is C49H19BBrF20NO2. The molecule has 8 rings (SSSR count). The molecule has 0 aliphatic rings. The zero-order chi connectivity index (χ0) is 54.6. The van der Waals surface area contributed by atoms with Crippen LogP contribution in [0.4, 0.5) is 87.8 Å². The van der Waals surface area contributed by atoms with E-state index in [2.05, 4.69) is 15.9 Å². The van der Waals surface area contributed by atoms with Crippen LogP contribution in [0, 0.1) is 116 Å². The van der Waals surface area contributed by atoms with Crippen molar-refractivity contribution in [1.82, 2.24) is 0 Å². The molecule has 0 radical (unpaired) electrons. The third-order valence-corrected chi connectivity index (χ3v) is 12.2. The molecule has 0 bridgehead atoms. The number of hydrogen-bond donors (Lipinski definition) is 0. The van der Waals surface area contributed by atoms with Gasteiger partial charge in [0.05, 0.1) is 6.42 Å². The van der Waals surface area contributed by atoms with Gasteiger partial charge in [0.2, 0.25) is 12.3 Å². The van der Waals surface area contributed by atoms with Crippen LogP contribution in [-0.4, -0.2) is 17.7 Å². The minimum absolute atomic E-state index is 0.0169. The van der Waals surface area contributed by atoms with Crippen LogP contribution in [0.1, 0.15) is 26.4 Å². The Morgan fingerprint density at radius 1 is 0.365 bits per heavy atom. The van der Waals surface area contributed by atoms with Crippen molar-refractivity contribution in [2.75, 3.05) is 0 Å². The van der Waals surface area contributed by atoms with Gasteiger partial charge in [0, 0.05) is 27.1 Å². The molecule has 0 amide bonds. The van der Waals surface area contributed by atoms with Crippen LogP contribution < -0.4 is 26.4 Å². The topological polar surface area (TPSA) is 38.0 Å². The first-order chi connectivity index (χ1) is 34.8. The SMILES string of the molecule is Fc1c(F)c(F)c([B-](c2c(F)c(F)c(F)c(F)c2F)(c2c(F)c(F)c(F)c(F)c2F)c2c(F)c(F)c(F)c(F)c2F)c(F)c1F.O=C(Cc1c2ccccc2cc[n+]1CC(=O)c1ccccc1)c1ccc(Br)cc1. The smallest absolute Gasteiger partial charge is 0.227 e. The van der Waals surface area contributed by atoms with Gasteiger partial charge in [0.1, 0.15) is 52.7 Å². The molecule has 1 aromatic heterocycles. The fourth-order valence-electron chi connectivity index (χ4n) is 8.30. The van der Waals surface area contributed by atoms with E-state index in [0.717, 1.165) is 20.9 Å². The number of Topliss-reactive ketones (excluding diaryl/α,β-unsaturated/α-hetero) is 2. The van der Waals surface area contributed by atoms with E-state index < -0.39 is 144 Å². The number of benzene rings is 7. The molecule has 0 saturated heterocycles. The highest BCUT2D eigenvalue weighted by Crippen LogP contribution is 2.31. The number of nitrogens with zero attached hydrogens (tertiary/aromatic N) is 1. The molecule has 74 heavy (non-hydrogen) atoms. The van der Waals surface area contributed by atoms with E-state index >= 15 is 35.1 Å². The van der Waals surface area contributed by atoms with E-state index in [4.69, 9.17) is 0 Å². The number of ketones is 2. The summed E-state index contributed by atoms with van der Waals surface area (Å²) in [5.41, 5.74) is -12.2. The van der Waals surface area contributed by atoms with Gasteiger partial charge in [-0.25, -0.2) is 87.8 Å². The number of pyridine rings is 1. The van der Waals surface area contributed by atoms with Gasteiger partial charge in [-0.3, -0.25) is 9.59 Å². The summed E-state index contributed by atoms with van der Waals surface area (Å²) < 4.78 is 297. The van der Waals surface area contributed by atoms with Crippen molar-refractivity contribution in [2.24, 2.45) is 0 Å². The summed E-state index contributed by atoms with van der Waals surface area (Å²) in [5.74, 6) is -71.4. The number of carbonyl (C=O) groups excluding carboxylic acids is 2. The highest BCUT2D eigenvalue weighted by molar-refractivity contribution is 9.10. The molecule has 0 atom stereocenters. The predicted molar refractivity (Wildman–Crippen MR) is 226 cm³/mol. The van der Waals surface area contributed by atoms with E-state index in [9.17, 15) is 62.3 Å². The van der Waals surface area contributed by atoms with Gasteiger partial charge < -0.3 is 0 Å². The summed E-state index contributed by atoms with van der Waals surface area (Å²) >= 11 is 3.40. The zero-order valence-electron chi connectivity index (χ0n) is 35.9. The summed E-state index contributed by atoms with van der Waals surface area (Å²) in [6, 6.07) is 26.5. The molecule has 0 spiro atoms. The van der Waals surface area contributed by atoms with Crippen molar-refractivity contribution in [1.29, 1.82) is 0 Å². The second-order valence-electron chi connectivity index (χ2n) is 15.7. The highest BCUT2D eigenvalue weighted by atomic mass is 79.9. The second kappa shape index (κ2) is 20.7. The number of hydrogen-bond acceptors (Lipinski definition) is 2. The molecule has 0 N–H and O–H groups in total. The van der Waals surface area contributed by atoms with Crippen LogP contribution in [-0.2, 0) is 13.0 Å². The standard InChI is InChI=1S/C25H19BrNO2.C24BF20/c26-21-12-10-20(11-13-21)24(28)16-23-22-9-5-4-6-18(22)14-15-27(23)17-25(29)19-7-2-1-3-8-19;26-5-1(6(27)14(35)21(42)13(5)34)25(2-7(28)15(36)22(43)16(37)8(2)29,3-9(30)17(38)23(44)18(39)10(3)31)4-11(32)19(40)24(45)20(41)12(4)33/h1-15H,16-17H2;/q+1;-1. The van der Waals surface area contributed by atoms with Gasteiger partial charge in [0.25, 0.3) is 0 Å². The molecule has 0 saturated carbocycles. The van der Waals surface area contributed by atoms with Crippen molar-refractivity contribution in [3.63, 3.8) is 0 Å². The minimum atomic E-state index is -7.22. The Labute approximate surface area is 409 Å². The third-order valence-electron chi connectivity index (χ3n) is 11.7. The number of fused-ring (bicyclic) bond motifs is 1. The van der Waals surface area contributed by atoms with E-state index in [1.54, 1.807) is 0 Å². The maximum atomic E-state index is 15.4. The van der Waals surface area contributed by atoms with Gasteiger partial charge in [-0.15, -0.1) is 21.9 Å². The summed E-state index contributed by atoms with van der Waals surface area (Å²) in [7, 11) is 0. The largest absolute Gasteiger partial charge is 0.294 e. The number of rotatable bonds is 10. The van der Waals surface area contributed by atoms with Gasteiger partial charge >= 0.3 is 0 Å². The molecule has 0 unspecified atom stereocenters. The fourth-order valence-corrected chi connectivity index (χ4v) is 8.56. The monoisotopic (exact) mass is 1120 g/mol. The second-order valence-corrected chi connectivity index (χ2v) is 16.6. The number of halogens is 21. The zero-order valence-corrected chi connectivity index (χ0v) is 37.4. The Kier molecular flexibility index (Phi) is 15.2. The quantitative estimate of drug-likeness (QED) is 0.0342. The van der Waals surface area contributed by atoms with E-state index in [-0.39, 0.29) is 24.5 Å². The lowest BCUT2D eigenvalue weighted by molar-refractivity contribution is -0.688. The average Bonchev–Trinajstić information content (AvgIpc) is 3.39. The summed E-state index contributed by atoms with van der Waals surface area (Å²) in [6.45, 7) is 0.192. The van der Waals surface area contributed by atoms with Crippen molar-refractivity contribution in [2.45, 2.75) is 13.0 Å². The third kappa shape index (κ3) is 8.93. The average molecular weight is 1120 g/mol. The Hall–Kier alpha value is -7.57. The molecule has 382 valence electrons. The molecule has 25 heteroatoms. The molecule has 0 aliphatic heterocycles. The van der Waals surface area contributed by atoms with Crippen molar-refractivity contribution < 1.29 is 102 Å².